The molecule has 21 heavy (non-hydrogen) atoms. The SMILES string of the molecule is CCc1c(C)nc(-c2ccc3c(c2)OCCCO3)[nH]c1=O. The van der Waals surface area contributed by atoms with E-state index in [9.17, 15) is 4.79 Å². The van der Waals surface area contributed by atoms with Crippen LogP contribution < -0.4 is 15.0 Å². The summed E-state index contributed by atoms with van der Waals surface area (Å²) < 4.78 is 11.3. The number of aryl methyl sites for hydroxylation is 1. The van der Waals surface area contributed by atoms with E-state index < -0.39 is 0 Å². The molecule has 1 aliphatic heterocycles. The highest BCUT2D eigenvalue weighted by molar-refractivity contribution is 5.61. The minimum atomic E-state index is -0.0767. The summed E-state index contributed by atoms with van der Waals surface area (Å²) in [6, 6.07) is 5.61. The van der Waals surface area contributed by atoms with Gasteiger partial charge in [0.1, 0.15) is 5.82 Å². The summed E-state index contributed by atoms with van der Waals surface area (Å²) in [7, 11) is 0. The van der Waals surface area contributed by atoms with Gasteiger partial charge in [0.25, 0.3) is 5.56 Å². The molecule has 3 rings (SSSR count). The van der Waals surface area contributed by atoms with Crippen LogP contribution in [0.4, 0.5) is 0 Å². The van der Waals surface area contributed by atoms with Crippen molar-refractivity contribution in [1.29, 1.82) is 0 Å². The van der Waals surface area contributed by atoms with Gasteiger partial charge in [-0.15, -0.1) is 0 Å². The first-order valence-electron chi connectivity index (χ1n) is 7.19. The number of aromatic nitrogens is 2. The zero-order valence-electron chi connectivity index (χ0n) is 12.2. The Balaban J connectivity index is 2.05. The number of nitrogens with one attached hydrogen (secondary N) is 1. The van der Waals surface area contributed by atoms with Crippen LogP contribution in [0.15, 0.2) is 23.0 Å². The Bertz CT molecular complexity index is 722. The van der Waals surface area contributed by atoms with E-state index in [4.69, 9.17) is 9.47 Å². The van der Waals surface area contributed by atoms with E-state index in [0.717, 1.165) is 29.0 Å². The number of rotatable bonds is 2. The highest BCUT2D eigenvalue weighted by Crippen LogP contribution is 2.33. The van der Waals surface area contributed by atoms with Crippen molar-refractivity contribution in [2.45, 2.75) is 26.7 Å². The van der Waals surface area contributed by atoms with Gasteiger partial charge in [0, 0.05) is 23.2 Å². The molecule has 110 valence electrons. The van der Waals surface area contributed by atoms with E-state index in [0.29, 0.717) is 31.2 Å². The van der Waals surface area contributed by atoms with Crippen LogP contribution in [0.3, 0.4) is 0 Å². The minimum Gasteiger partial charge on any atom is -0.490 e. The molecule has 0 atom stereocenters. The lowest BCUT2D eigenvalue weighted by molar-refractivity contribution is 0.297. The largest absolute Gasteiger partial charge is 0.490 e. The molecule has 1 aromatic heterocycles. The van der Waals surface area contributed by atoms with Crippen molar-refractivity contribution >= 4 is 0 Å². The summed E-state index contributed by atoms with van der Waals surface area (Å²) in [4.78, 5) is 19.4. The van der Waals surface area contributed by atoms with Gasteiger partial charge in [0.05, 0.1) is 13.2 Å². The second-order valence-electron chi connectivity index (χ2n) is 5.04. The zero-order valence-corrected chi connectivity index (χ0v) is 12.2. The number of H-pyrrole nitrogens is 1. The molecule has 2 heterocycles. The fourth-order valence-corrected chi connectivity index (χ4v) is 2.47. The van der Waals surface area contributed by atoms with Crippen molar-refractivity contribution < 1.29 is 9.47 Å². The number of nitrogens with zero attached hydrogens (tertiary/aromatic N) is 1. The first kappa shape index (κ1) is 13.7. The van der Waals surface area contributed by atoms with Gasteiger partial charge in [0.15, 0.2) is 11.5 Å². The molecule has 0 fully saturated rings. The van der Waals surface area contributed by atoms with Gasteiger partial charge >= 0.3 is 0 Å². The van der Waals surface area contributed by atoms with Crippen molar-refractivity contribution in [3.8, 4) is 22.9 Å². The lowest BCUT2D eigenvalue weighted by Gasteiger charge is -2.10. The summed E-state index contributed by atoms with van der Waals surface area (Å²) in [6.07, 6.45) is 1.54. The Morgan fingerprint density at radius 2 is 2.00 bits per heavy atom. The summed E-state index contributed by atoms with van der Waals surface area (Å²) in [5, 5.41) is 0. The Morgan fingerprint density at radius 1 is 1.24 bits per heavy atom. The second kappa shape index (κ2) is 5.60. The van der Waals surface area contributed by atoms with Crippen LogP contribution in [0.2, 0.25) is 0 Å². The topological polar surface area (TPSA) is 64.2 Å². The predicted molar refractivity (Wildman–Crippen MR) is 80.0 cm³/mol. The van der Waals surface area contributed by atoms with Gasteiger partial charge in [-0.05, 0) is 31.5 Å². The van der Waals surface area contributed by atoms with E-state index in [1.807, 2.05) is 32.0 Å². The van der Waals surface area contributed by atoms with Crippen molar-refractivity contribution in [3.05, 3.63) is 39.8 Å². The Kier molecular flexibility index (Phi) is 3.64. The molecule has 0 spiro atoms. The van der Waals surface area contributed by atoms with Crippen LogP contribution in [0, 0.1) is 6.92 Å². The van der Waals surface area contributed by atoms with Gasteiger partial charge < -0.3 is 14.5 Å². The monoisotopic (exact) mass is 286 g/mol. The molecule has 1 aliphatic rings. The highest BCUT2D eigenvalue weighted by atomic mass is 16.5. The Labute approximate surface area is 123 Å². The second-order valence-corrected chi connectivity index (χ2v) is 5.04. The Hall–Kier alpha value is -2.30. The number of ether oxygens (including phenoxy) is 2. The van der Waals surface area contributed by atoms with Crippen LogP contribution in [-0.2, 0) is 6.42 Å². The minimum absolute atomic E-state index is 0.0767. The van der Waals surface area contributed by atoms with Gasteiger partial charge in [0.2, 0.25) is 0 Å². The third-order valence-electron chi connectivity index (χ3n) is 3.60. The van der Waals surface area contributed by atoms with Crippen molar-refractivity contribution in [1.82, 2.24) is 9.97 Å². The lowest BCUT2D eigenvalue weighted by Crippen LogP contribution is -2.16. The summed E-state index contributed by atoms with van der Waals surface area (Å²) >= 11 is 0. The molecule has 1 aromatic carbocycles. The quantitative estimate of drug-likeness (QED) is 0.921. The van der Waals surface area contributed by atoms with Gasteiger partial charge in [-0.2, -0.15) is 0 Å². The number of hydrogen-bond donors (Lipinski definition) is 1. The summed E-state index contributed by atoms with van der Waals surface area (Å²) in [5.74, 6) is 2.00. The van der Waals surface area contributed by atoms with Gasteiger partial charge in [-0.25, -0.2) is 4.98 Å². The smallest absolute Gasteiger partial charge is 0.254 e. The lowest BCUT2D eigenvalue weighted by atomic mass is 10.1. The molecule has 2 aromatic rings. The molecule has 0 saturated heterocycles. The van der Waals surface area contributed by atoms with Crippen LogP contribution in [-0.4, -0.2) is 23.2 Å². The molecule has 0 unspecified atom stereocenters. The number of hydrogen-bond acceptors (Lipinski definition) is 4. The van der Waals surface area contributed by atoms with Crippen LogP contribution >= 0.6 is 0 Å². The molecule has 1 N–H and O–H groups in total. The third kappa shape index (κ3) is 2.63. The van der Waals surface area contributed by atoms with E-state index in [1.165, 1.54) is 0 Å². The van der Waals surface area contributed by atoms with Crippen LogP contribution in [0.25, 0.3) is 11.4 Å². The predicted octanol–water partition coefficient (Wildman–Crippen LogP) is 2.47. The molecule has 0 radical (unpaired) electrons. The van der Waals surface area contributed by atoms with Gasteiger partial charge in [-0.3, -0.25) is 4.79 Å². The molecule has 0 aliphatic carbocycles. The standard InChI is InChI=1S/C16H18N2O3/c1-3-12-10(2)17-15(18-16(12)19)11-5-6-13-14(9-11)21-8-4-7-20-13/h5-6,9H,3-4,7-8H2,1-2H3,(H,17,18,19). The number of aromatic amines is 1. The normalized spacial score (nSPS) is 13.8. The van der Waals surface area contributed by atoms with Crippen molar-refractivity contribution in [2.75, 3.05) is 13.2 Å². The fourth-order valence-electron chi connectivity index (χ4n) is 2.47. The van der Waals surface area contributed by atoms with E-state index in [2.05, 4.69) is 9.97 Å². The first-order chi connectivity index (χ1) is 10.2. The average molecular weight is 286 g/mol. The van der Waals surface area contributed by atoms with Crippen LogP contribution in [0.1, 0.15) is 24.6 Å². The maximum absolute atomic E-state index is 12.1. The highest BCUT2D eigenvalue weighted by Gasteiger charge is 2.13. The van der Waals surface area contributed by atoms with Crippen molar-refractivity contribution in [3.63, 3.8) is 0 Å². The van der Waals surface area contributed by atoms with E-state index in [1.54, 1.807) is 0 Å². The summed E-state index contributed by atoms with van der Waals surface area (Å²) in [5.41, 5.74) is 2.24. The maximum atomic E-state index is 12.1. The summed E-state index contributed by atoms with van der Waals surface area (Å²) in [6.45, 7) is 5.10. The third-order valence-corrected chi connectivity index (χ3v) is 3.60. The van der Waals surface area contributed by atoms with Gasteiger partial charge in [-0.1, -0.05) is 6.92 Å². The Morgan fingerprint density at radius 3 is 2.71 bits per heavy atom. The molecule has 5 nitrogen and oxygen atoms in total. The molecule has 0 amide bonds. The molecular weight excluding hydrogens is 268 g/mol. The molecule has 0 bridgehead atoms. The molecule has 0 saturated carbocycles. The number of benzene rings is 1. The van der Waals surface area contributed by atoms with Crippen LogP contribution in [0.5, 0.6) is 11.5 Å². The zero-order chi connectivity index (χ0) is 14.8. The average Bonchev–Trinajstić information content (AvgIpc) is 2.71. The first-order valence-corrected chi connectivity index (χ1v) is 7.19. The molecular formula is C16H18N2O3. The number of fused-ring (bicyclic) bond motifs is 1. The molecule has 5 heteroatoms. The van der Waals surface area contributed by atoms with E-state index in [-0.39, 0.29) is 5.56 Å². The van der Waals surface area contributed by atoms with E-state index >= 15 is 0 Å². The maximum Gasteiger partial charge on any atom is 0.254 e. The van der Waals surface area contributed by atoms with Crippen molar-refractivity contribution in [2.24, 2.45) is 0 Å². The fraction of sp³-hybridized carbons (Fsp3) is 0.375.